The number of nitrogens with zero attached hydrogens (tertiary/aromatic N) is 20. The number of halogens is 4. The number of aromatic nitrogens is 16. The number of aryl methyl sites for hydroxylation is 2. The van der Waals surface area contributed by atoms with Gasteiger partial charge >= 0.3 is 15.3 Å². The van der Waals surface area contributed by atoms with Gasteiger partial charge in [0, 0.05) is 11.1 Å². The molecule has 0 aliphatic carbocycles. The minimum atomic E-state index is -4.00. The van der Waals surface area contributed by atoms with E-state index in [1.165, 1.54) is 68.9 Å². The molecule has 4 bridgehead atoms. The molecule has 4 unspecified atom stereocenters. The number of amides is 2. The fourth-order valence-electron chi connectivity index (χ4n) is 12.9. The van der Waals surface area contributed by atoms with Crippen LogP contribution in [0.25, 0.3) is 54.3 Å². The molecule has 2 N–H and O–H groups in total. The third-order valence-electron chi connectivity index (χ3n) is 18.5. The molecule has 6 aliphatic rings. The molecule has 2 aromatic carbocycles. The van der Waals surface area contributed by atoms with Gasteiger partial charge in [0.15, 0.2) is 120 Å². The molecule has 16 rings (SSSR count). The number of anilines is 2. The summed E-state index contributed by atoms with van der Waals surface area (Å²) in [5.41, 5.74) is 4.22. The third kappa shape index (κ3) is 18.3. The maximum absolute atomic E-state index is 16.9. The van der Waals surface area contributed by atoms with E-state index in [9.17, 15) is 20.1 Å². The van der Waals surface area contributed by atoms with E-state index in [0.29, 0.717) is 44.8 Å². The molecule has 51 heteroatoms. The first-order valence-corrected chi connectivity index (χ1v) is 41.6. The van der Waals surface area contributed by atoms with Gasteiger partial charge in [0.2, 0.25) is 43.9 Å². The average Bonchev–Trinajstić information content (AvgIpc) is 1.62. The molecule has 6 aliphatic heterocycles. The quantitative estimate of drug-likeness (QED) is 0.0248. The molecule has 14 heterocycles. The van der Waals surface area contributed by atoms with Gasteiger partial charge in [0.1, 0.15) is 86.2 Å². The van der Waals surface area contributed by atoms with Gasteiger partial charge in [0.25, 0.3) is 11.8 Å². The van der Waals surface area contributed by atoms with Gasteiger partial charge < -0.3 is 61.9 Å². The molecule has 622 valence electrons. The molecule has 6 saturated heterocycles. The highest BCUT2D eigenvalue weighted by atomic mass is 32.5. The number of hydrogen-bond acceptors (Lipinski definition) is 33. The number of benzene rings is 2. The Morgan fingerprint density at radius 2 is 0.975 bits per heavy atom. The second kappa shape index (κ2) is 37.4. The van der Waals surface area contributed by atoms with Crippen molar-refractivity contribution in [3.63, 3.8) is 0 Å². The molecule has 20 atom stereocenters. The minimum absolute atomic E-state index is 0.0269. The Morgan fingerprint density at radius 3 is 1.45 bits per heavy atom. The molecule has 0 radical (unpaired) electrons. The van der Waals surface area contributed by atoms with Crippen molar-refractivity contribution in [1.82, 2.24) is 78.1 Å². The van der Waals surface area contributed by atoms with Crippen LogP contribution in [0.15, 0.2) is 111 Å². The molecule has 10 aromatic rings. The molecule has 2 amide bonds. The lowest BCUT2D eigenvalue weighted by Crippen LogP contribution is -2.35. The Balaban J connectivity index is 0.000000186. The van der Waals surface area contributed by atoms with E-state index >= 15 is 17.6 Å². The minimum Gasteiger partial charge on any atom is -0.346 e. The Bertz CT molecular complexity index is 5550. The molecule has 119 heavy (non-hydrogen) atoms. The third-order valence-corrected chi connectivity index (χ3v) is 24.3. The van der Waals surface area contributed by atoms with E-state index < -0.39 is 170 Å². The summed E-state index contributed by atoms with van der Waals surface area (Å²) in [6.45, 7) is 11.8. The van der Waals surface area contributed by atoms with E-state index in [1.807, 2.05) is 12.1 Å². The Morgan fingerprint density at radius 1 is 0.555 bits per heavy atom. The predicted octanol–water partition coefficient (Wildman–Crippen LogP) is 7.30. The lowest BCUT2D eigenvalue weighted by Gasteiger charge is -2.31. The van der Waals surface area contributed by atoms with Crippen LogP contribution in [-0.4, -0.2) is 244 Å². The van der Waals surface area contributed by atoms with Crippen LogP contribution in [0.4, 0.5) is 29.2 Å². The largest absolute Gasteiger partial charge is 0.346 e. The summed E-state index contributed by atoms with van der Waals surface area (Å²) in [6, 6.07) is 21.0. The second-order valence-electron chi connectivity index (χ2n) is 25.8. The molecule has 0 saturated carbocycles. The summed E-state index contributed by atoms with van der Waals surface area (Å²) in [5, 5.41) is 24.0. The van der Waals surface area contributed by atoms with Crippen LogP contribution in [0.2, 0.25) is 0 Å². The van der Waals surface area contributed by atoms with Gasteiger partial charge in [0.05, 0.1) is 88.1 Å². The van der Waals surface area contributed by atoms with Gasteiger partial charge in [-0.1, -0.05) is 36.4 Å². The van der Waals surface area contributed by atoms with E-state index in [1.54, 1.807) is 74.5 Å². The summed E-state index contributed by atoms with van der Waals surface area (Å²) < 4.78 is 173. The SMILES string of the molecule is [BH3-][P+]1(OCC[N+]#[C-])OC[C@H]2O[C@@H](n3cnc4c(C)ncnc43)[C@H](F)[C@@H]2OP(=S)(OCCC#N)OC[C@H]2O[C@@H](n3cnc4c(NC(=O)c5ccccc5)ncnc43)[C@H](O1)[C@@H]2F.[BH3-][P+]1(OCC[N+]#[C-])OC[C@H]2O[C@@H](n3cnc4c(C)ncnc43)[C@H](F)[C@@H]2OP(OCCC#N)OC[C@H]2O[C@@H](n3cnc4c(NC(=O)c5ccccc5)ncnc43)[C@H](O1)[C@@H]2F. The molecule has 40 nitrogen and oxygen atoms in total. The Hall–Kier alpha value is -9.31. The van der Waals surface area contributed by atoms with E-state index in [0.717, 1.165) is 0 Å². The standard InChI is InChI=1S/C34H36BF2N11O9P2S.C34H36BF2N11O9P2/c1-19-25-30(42-15-40-19)47(17-44-25)33-24(37)27-22(55-33)14-52-58(35,50-12-10-39-2)56-28-23(36)21(13-53-59(60,57-27)51-11-6-9-38)54-34(28)48-18-45-26-29(41-16-43-31(26)48)46-32(49)20-7-4-3-5-8-20;1-19-25-30(42-15-40-19)47(17-44-25)33-24(37)27-22(55-33)14-53-59(35,52-12-10-39-2)57-28-23(36)21(13-51-58(56-27)50-11-6-9-38)54-34(28)48-18-45-26-29(41-16-43-31(26)48)46-32(49)20-7-4-3-5-8-20/h3-5,7-8,15-18,21-24,27-28,33-34H,6,10-14H2,1,35H3,(H,41,43,46,49);3-5,7-8,15-18,21-24,27-28,33-34H,6,10-14H2,1,35H3,(H,41,43,46,49)/t2*21-,22-,23-,24-,27-,28-,33-,34-,58?,59?/m11/s1. The number of nitrogens with one attached hydrogen (secondary N) is 2. The van der Waals surface area contributed by atoms with Gasteiger partial charge in [-0.2, -0.15) is 10.5 Å². The fourth-order valence-corrected chi connectivity index (χ4v) is 18.4. The van der Waals surface area contributed by atoms with Crippen molar-refractivity contribution in [1.29, 1.82) is 10.5 Å². The number of fused-ring (bicyclic) bond motifs is 10. The zero-order valence-corrected chi connectivity index (χ0v) is 65.5. The van der Waals surface area contributed by atoms with Gasteiger partial charge in [-0.25, -0.2) is 118 Å². The average molecular weight is 1740 g/mol. The van der Waals surface area contributed by atoms with E-state index in [2.05, 4.69) is 80.1 Å². The first kappa shape index (κ1) is 84.7. The number of carbonyl (C=O) groups is 2. The summed E-state index contributed by atoms with van der Waals surface area (Å²) in [5.74, 6) is -0.665. The zero-order valence-electron chi connectivity index (χ0n) is 61.1. The first-order chi connectivity index (χ1) is 57.7. The van der Waals surface area contributed by atoms with Crippen LogP contribution >= 0.6 is 31.0 Å². The normalized spacial score (nSPS) is 30.3. The van der Waals surface area contributed by atoms with Crippen LogP contribution < -0.4 is 10.6 Å². The number of nitriles is 2. The molecular weight excluding hydrogens is 1670 g/mol. The van der Waals surface area contributed by atoms with Gasteiger partial charge in [-0.3, -0.25) is 32.4 Å². The fraction of sp³-hybridized carbons (Fsp3) is 0.441. The number of ether oxygens (including phenoxy) is 4. The second-order valence-corrected chi connectivity index (χ2v) is 32.3. The Kier molecular flexibility index (Phi) is 26.6. The number of hydrogen-bond donors (Lipinski definition) is 2. The summed E-state index contributed by atoms with van der Waals surface area (Å²) >= 11 is 5.79. The monoisotopic (exact) mass is 1740 g/mol. The number of imidazole rings is 4. The summed E-state index contributed by atoms with van der Waals surface area (Å²) in [7, 11) is -11.5. The predicted molar refractivity (Wildman–Crippen MR) is 420 cm³/mol. The lowest BCUT2D eigenvalue weighted by atomic mass is 10.1. The van der Waals surface area contributed by atoms with E-state index in [-0.39, 0.29) is 99.5 Å². The van der Waals surface area contributed by atoms with E-state index in [4.69, 9.17) is 98.2 Å². The number of rotatable bonds is 20. The molecular formula is C68H72B2F4N22O18P4S. The number of carbonyl (C=O) groups excluding carboxylic acids is 2. The smallest absolute Gasteiger partial charge is 0.333 e. The maximum atomic E-state index is 16.9. The highest BCUT2D eigenvalue weighted by Gasteiger charge is 2.59. The molecule has 6 fully saturated rings. The van der Waals surface area contributed by atoms with Crippen LogP contribution in [-0.2, 0) is 85.0 Å². The topological polar surface area (TPSA) is 437 Å². The number of alkyl halides is 4. The lowest BCUT2D eigenvalue weighted by molar-refractivity contribution is -0.0631. The highest BCUT2D eigenvalue weighted by Crippen LogP contribution is 2.64. The molecule has 8 aromatic heterocycles. The first-order valence-electron chi connectivity index (χ1n) is 35.7. The highest BCUT2D eigenvalue weighted by molar-refractivity contribution is 8.07. The van der Waals surface area contributed by atoms with Crippen LogP contribution in [0.1, 0.15) is 69.9 Å². The van der Waals surface area contributed by atoms with Crippen molar-refractivity contribution in [2.45, 2.75) is 125 Å². The Labute approximate surface area is 682 Å². The van der Waals surface area contributed by atoms with Crippen LogP contribution in [0.3, 0.4) is 0 Å². The van der Waals surface area contributed by atoms with Crippen LogP contribution in [0.5, 0.6) is 0 Å². The summed E-state index contributed by atoms with van der Waals surface area (Å²) in [6.07, 6.45) is -12.9. The maximum Gasteiger partial charge on any atom is 0.333 e. The zero-order chi connectivity index (χ0) is 83.1. The van der Waals surface area contributed by atoms with Gasteiger partial charge in [-0.15, -0.1) is 0 Å². The van der Waals surface area contributed by atoms with Crippen molar-refractivity contribution in [2.75, 3.05) is 76.6 Å². The van der Waals surface area contributed by atoms with Crippen LogP contribution in [0, 0.1) is 49.7 Å². The van der Waals surface area contributed by atoms with Crippen molar-refractivity contribution in [2.24, 2.45) is 0 Å². The van der Waals surface area contributed by atoms with Crippen molar-refractivity contribution in [3.8, 4) is 12.1 Å². The summed E-state index contributed by atoms with van der Waals surface area (Å²) in [4.78, 5) is 84.6. The van der Waals surface area contributed by atoms with Crippen molar-refractivity contribution in [3.05, 3.63) is 157 Å². The van der Waals surface area contributed by atoms with Gasteiger partial charge in [-0.05, 0) is 49.9 Å². The van der Waals surface area contributed by atoms with Crippen molar-refractivity contribution >= 4 is 126 Å². The van der Waals surface area contributed by atoms with Crippen molar-refractivity contribution < 1.29 is 100 Å². The molecule has 0 spiro atoms.